The highest BCUT2D eigenvalue weighted by Crippen LogP contribution is 2.28. The summed E-state index contributed by atoms with van der Waals surface area (Å²) in [4.78, 5) is 40.7. The number of hydrogen-bond donors (Lipinski definition) is 1. The second-order valence-electron chi connectivity index (χ2n) is 5.47. The van der Waals surface area contributed by atoms with E-state index in [1.807, 2.05) is 0 Å². The predicted octanol–water partition coefficient (Wildman–Crippen LogP) is 2.61. The zero-order valence-corrected chi connectivity index (χ0v) is 16.1. The van der Waals surface area contributed by atoms with E-state index >= 15 is 0 Å². The average molecular weight is 412 g/mol. The highest BCUT2D eigenvalue weighted by molar-refractivity contribution is 7.99. The first-order valence-electron chi connectivity index (χ1n) is 8.31. The first-order valence-corrected chi connectivity index (χ1v) is 9.12. The van der Waals surface area contributed by atoms with E-state index in [-0.39, 0.29) is 18.8 Å². The molecule has 0 aromatic heterocycles. The van der Waals surface area contributed by atoms with Crippen molar-refractivity contribution >= 4 is 35.2 Å². The first-order chi connectivity index (χ1) is 13.9. The number of Topliss-reactive ketones (excluding diaryl/α,β-unsaturated/α-hetero) is 1. The molecule has 148 valence electrons. The Balaban J connectivity index is 2.04. The molecule has 0 spiro atoms. The van der Waals surface area contributed by atoms with E-state index in [1.54, 1.807) is 42.5 Å². The number of esters is 1. The number of ether oxygens (including phenoxy) is 1. The molecule has 29 heavy (non-hydrogen) atoms. The molecule has 0 aliphatic rings. The Hall–Kier alpha value is -3.48. The summed E-state index contributed by atoms with van der Waals surface area (Å²) in [5, 5.41) is 20.9. The number of rotatable bonds is 8. The molecule has 0 unspecified atom stereocenters. The van der Waals surface area contributed by atoms with Crippen LogP contribution >= 0.6 is 11.8 Å². The van der Waals surface area contributed by atoms with E-state index < -0.39 is 23.4 Å². The zero-order chi connectivity index (χ0) is 21.2. The Morgan fingerprint density at radius 3 is 2.07 bits per heavy atom. The molecule has 0 amide bonds. The van der Waals surface area contributed by atoms with Crippen molar-refractivity contribution in [1.82, 2.24) is 0 Å². The number of aliphatic hydroxyl groups is 1. The second-order valence-corrected chi connectivity index (χ2v) is 6.62. The minimum Gasteiger partial charge on any atom is -0.460 e. The van der Waals surface area contributed by atoms with Gasteiger partial charge in [-0.05, 0) is 48.5 Å². The number of hydrogen-bond acceptors (Lipinski definition) is 9. The van der Waals surface area contributed by atoms with Crippen LogP contribution in [0.4, 0.5) is 0 Å². The average Bonchev–Trinajstić information content (AvgIpc) is 2.73. The number of nitrogens with zero attached hydrogens (tertiary/aromatic N) is 2. The highest BCUT2D eigenvalue weighted by atomic mass is 32.2. The van der Waals surface area contributed by atoms with Crippen molar-refractivity contribution in [3.63, 3.8) is 0 Å². The fourth-order valence-electron chi connectivity index (χ4n) is 2.05. The minimum atomic E-state index is -0.732. The Morgan fingerprint density at radius 2 is 1.59 bits per heavy atom. The van der Waals surface area contributed by atoms with Crippen molar-refractivity contribution in [3.05, 3.63) is 59.7 Å². The maximum atomic E-state index is 12.2. The van der Waals surface area contributed by atoms with Gasteiger partial charge in [0.05, 0.1) is 12.2 Å². The Bertz CT molecular complexity index is 962. The lowest BCUT2D eigenvalue weighted by atomic mass is 10.1. The number of benzene rings is 2. The topological polar surface area (TPSA) is 126 Å². The van der Waals surface area contributed by atoms with Gasteiger partial charge in [0.15, 0.2) is 0 Å². The van der Waals surface area contributed by atoms with Crippen molar-refractivity contribution in [1.29, 1.82) is 5.26 Å². The van der Waals surface area contributed by atoms with Crippen LogP contribution in [0.1, 0.15) is 27.6 Å². The van der Waals surface area contributed by atoms with Crippen LogP contribution in [0.3, 0.4) is 0 Å². The van der Waals surface area contributed by atoms with Crippen LogP contribution in [0, 0.1) is 11.3 Å². The molecule has 0 aliphatic carbocycles. The number of ketones is 1. The third kappa shape index (κ3) is 6.57. The SMILES string of the molecule is CC(=O)ON=C(C#N)C(=O)c1ccc(Sc2ccc(C(=O)OCCO)cc2)cc1. The standard InChI is InChI=1S/C20H16N2O6S/c1-13(24)28-22-18(12-21)19(25)14-2-6-16(7-3-14)29-17-8-4-15(5-9-17)20(26)27-11-10-23/h2-9,23H,10-11H2,1H3. The summed E-state index contributed by atoms with van der Waals surface area (Å²) in [7, 11) is 0. The molecule has 0 radical (unpaired) electrons. The van der Waals surface area contributed by atoms with Crippen LogP contribution in [-0.4, -0.2) is 41.8 Å². The molecular formula is C20H16N2O6S. The van der Waals surface area contributed by atoms with E-state index in [0.717, 1.165) is 16.7 Å². The molecule has 9 heteroatoms. The van der Waals surface area contributed by atoms with Gasteiger partial charge in [0.25, 0.3) is 0 Å². The quantitative estimate of drug-likeness (QED) is 0.230. The molecule has 2 aromatic rings. The van der Waals surface area contributed by atoms with Crippen molar-refractivity contribution in [2.75, 3.05) is 13.2 Å². The lowest BCUT2D eigenvalue weighted by Crippen LogP contribution is -2.13. The Kier molecular flexibility index (Phi) is 8.09. The molecule has 2 aromatic carbocycles. The van der Waals surface area contributed by atoms with Crippen LogP contribution in [0.25, 0.3) is 0 Å². The number of nitriles is 1. The zero-order valence-electron chi connectivity index (χ0n) is 15.3. The Labute approximate surface area is 170 Å². The maximum absolute atomic E-state index is 12.2. The van der Waals surface area contributed by atoms with Gasteiger partial charge in [-0.2, -0.15) is 5.26 Å². The van der Waals surface area contributed by atoms with Crippen molar-refractivity contribution in [3.8, 4) is 6.07 Å². The number of carbonyl (C=O) groups is 3. The molecule has 2 rings (SSSR count). The van der Waals surface area contributed by atoms with E-state index in [9.17, 15) is 14.4 Å². The van der Waals surface area contributed by atoms with Crippen molar-refractivity contribution < 1.29 is 29.1 Å². The number of aliphatic hydroxyl groups excluding tert-OH is 1. The summed E-state index contributed by atoms with van der Waals surface area (Å²) >= 11 is 1.41. The molecule has 0 aliphatic heterocycles. The fourth-order valence-corrected chi connectivity index (χ4v) is 2.87. The van der Waals surface area contributed by atoms with Crippen molar-refractivity contribution in [2.24, 2.45) is 5.16 Å². The van der Waals surface area contributed by atoms with Gasteiger partial charge in [0.1, 0.15) is 12.7 Å². The molecule has 0 atom stereocenters. The number of carbonyl (C=O) groups excluding carboxylic acids is 3. The molecule has 0 saturated heterocycles. The first kappa shape index (κ1) is 21.8. The highest BCUT2D eigenvalue weighted by Gasteiger charge is 2.15. The molecule has 0 bridgehead atoms. The summed E-state index contributed by atoms with van der Waals surface area (Å²) < 4.78 is 4.84. The lowest BCUT2D eigenvalue weighted by Gasteiger charge is -2.05. The summed E-state index contributed by atoms with van der Waals surface area (Å²) in [5.74, 6) is -1.90. The molecule has 8 nitrogen and oxygen atoms in total. The largest absolute Gasteiger partial charge is 0.460 e. The maximum Gasteiger partial charge on any atom is 0.338 e. The van der Waals surface area contributed by atoms with Gasteiger partial charge in [0.2, 0.25) is 11.5 Å². The van der Waals surface area contributed by atoms with E-state index in [2.05, 4.69) is 9.99 Å². The predicted molar refractivity (Wildman–Crippen MR) is 104 cm³/mol. The number of oxime groups is 1. The molecule has 0 fully saturated rings. The normalized spacial score (nSPS) is 10.7. The molecule has 0 heterocycles. The summed E-state index contributed by atoms with van der Waals surface area (Å²) in [6.07, 6.45) is 0. The van der Waals surface area contributed by atoms with Crippen LogP contribution in [0.5, 0.6) is 0 Å². The second kappa shape index (κ2) is 10.8. The molecular weight excluding hydrogens is 396 g/mol. The van der Waals surface area contributed by atoms with Gasteiger partial charge in [0, 0.05) is 22.3 Å². The Morgan fingerprint density at radius 1 is 1.03 bits per heavy atom. The van der Waals surface area contributed by atoms with Gasteiger partial charge in [-0.3, -0.25) is 4.79 Å². The van der Waals surface area contributed by atoms with Gasteiger partial charge >= 0.3 is 11.9 Å². The lowest BCUT2D eigenvalue weighted by molar-refractivity contribution is -0.140. The summed E-state index contributed by atoms with van der Waals surface area (Å²) in [5.41, 5.74) is 0.0768. The summed E-state index contributed by atoms with van der Waals surface area (Å²) in [6.45, 7) is 0.822. The van der Waals surface area contributed by atoms with Gasteiger partial charge in [-0.1, -0.05) is 16.9 Å². The smallest absolute Gasteiger partial charge is 0.338 e. The summed E-state index contributed by atoms with van der Waals surface area (Å²) in [6, 6.07) is 14.8. The van der Waals surface area contributed by atoms with Crippen LogP contribution in [0.15, 0.2) is 63.5 Å². The molecule has 1 N–H and O–H groups in total. The van der Waals surface area contributed by atoms with Crippen LogP contribution in [0.2, 0.25) is 0 Å². The van der Waals surface area contributed by atoms with E-state index in [4.69, 9.17) is 15.1 Å². The van der Waals surface area contributed by atoms with Gasteiger partial charge < -0.3 is 14.7 Å². The van der Waals surface area contributed by atoms with E-state index in [1.165, 1.54) is 23.9 Å². The van der Waals surface area contributed by atoms with Gasteiger partial charge in [-0.15, -0.1) is 0 Å². The van der Waals surface area contributed by atoms with E-state index in [0.29, 0.717) is 5.56 Å². The molecule has 0 saturated carbocycles. The van der Waals surface area contributed by atoms with Crippen LogP contribution in [-0.2, 0) is 14.4 Å². The van der Waals surface area contributed by atoms with Crippen LogP contribution < -0.4 is 0 Å². The minimum absolute atomic E-state index is 0.0560. The third-order valence-corrected chi connectivity index (χ3v) is 4.37. The fraction of sp³-hybridized carbons (Fsp3) is 0.150. The third-order valence-electron chi connectivity index (χ3n) is 3.35. The monoisotopic (exact) mass is 412 g/mol. The van der Waals surface area contributed by atoms with Crippen molar-refractivity contribution in [2.45, 2.75) is 16.7 Å². The van der Waals surface area contributed by atoms with Gasteiger partial charge in [-0.25, -0.2) is 9.59 Å².